The summed E-state index contributed by atoms with van der Waals surface area (Å²) < 4.78 is 34.5. The summed E-state index contributed by atoms with van der Waals surface area (Å²) in [5, 5.41) is 2.81. The van der Waals surface area contributed by atoms with Crippen molar-refractivity contribution in [2.75, 3.05) is 24.5 Å². The van der Waals surface area contributed by atoms with E-state index in [0.717, 1.165) is 26.6 Å². The summed E-state index contributed by atoms with van der Waals surface area (Å²) >= 11 is 0. The van der Waals surface area contributed by atoms with Gasteiger partial charge in [-0.25, -0.2) is 8.42 Å². The van der Waals surface area contributed by atoms with Crippen LogP contribution in [0, 0.1) is 20.8 Å². The van der Waals surface area contributed by atoms with E-state index in [4.69, 9.17) is 4.74 Å². The third-order valence-electron chi connectivity index (χ3n) is 6.61. The number of rotatable bonds is 12. The molecule has 0 saturated heterocycles. The molecule has 8 nitrogen and oxygen atoms in total. The Hall–Kier alpha value is -3.85. The maximum absolute atomic E-state index is 14.1. The number of hydrogen-bond donors (Lipinski definition) is 1. The normalized spacial score (nSPS) is 11.9. The van der Waals surface area contributed by atoms with Gasteiger partial charge >= 0.3 is 0 Å². The van der Waals surface area contributed by atoms with E-state index in [-0.39, 0.29) is 17.3 Å². The van der Waals surface area contributed by atoms with Gasteiger partial charge in [-0.3, -0.25) is 13.9 Å². The van der Waals surface area contributed by atoms with Crippen molar-refractivity contribution in [2.24, 2.45) is 0 Å². The Morgan fingerprint density at radius 3 is 2.12 bits per heavy atom. The molecular formula is C31H39N3O5S. The monoisotopic (exact) mass is 565 g/mol. The summed E-state index contributed by atoms with van der Waals surface area (Å²) in [6.45, 7) is 9.33. The Labute approximate surface area is 238 Å². The lowest BCUT2D eigenvalue weighted by molar-refractivity contribution is -0.140. The predicted molar refractivity (Wildman–Crippen MR) is 158 cm³/mol. The highest BCUT2D eigenvalue weighted by molar-refractivity contribution is 7.92. The van der Waals surface area contributed by atoms with Gasteiger partial charge in [-0.2, -0.15) is 0 Å². The lowest BCUT2D eigenvalue weighted by atomic mass is 10.1. The van der Waals surface area contributed by atoms with E-state index in [9.17, 15) is 18.0 Å². The second-order valence-corrected chi connectivity index (χ2v) is 11.7. The Morgan fingerprint density at radius 1 is 0.900 bits per heavy atom. The van der Waals surface area contributed by atoms with Crippen LogP contribution in [0.1, 0.15) is 42.5 Å². The molecule has 3 aromatic rings. The number of nitrogens with zero attached hydrogens (tertiary/aromatic N) is 2. The second-order valence-electron chi connectivity index (χ2n) is 9.86. The van der Waals surface area contributed by atoms with Gasteiger partial charge in [0.05, 0.1) is 17.7 Å². The van der Waals surface area contributed by atoms with Crippen molar-refractivity contribution < 1.29 is 22.7 Å². The minimum absolute atomic E-state index is 0.0835. The topological polar surface area (TPSA) is 96.0 Å². The molecule has 0 heterocycles. The highest BCUT2D eigenvalue weighted by Gasteiger charge is 2.33. The number of likely N-dealkylation sites (N-methyl/N-ethyl adjacent to an activating group) is 1. The first kappa shape index (κ1) is 30.7. The Morgan fingerprint density at radius 2 is 1.55 bits per heavy atom. The lowest BCUT2D eigenvalue weighted by Crippen LogP contribution is -2.52. The highest BCUT2D eigenvalue weighted by atomic mass is 32.2. The zero-order chi connectivity index (χ0) is 29.4. The quantitative estimate of drug-likeness (QED) is 0.342. The van der Waals surface area contributed by atoms with Crippen molar-refractivity contribution in [2.45, 2.75) is 58.5 Å². The van der Waals surface area contributed by atoms with Crippen LogP contribution < -0.4 is 14.4 Å². The maximum Gasteiger partial charge on any atom is 0.264 e. The average Bonchev–Trinajstić information content (AvgIpc) is 2.91. The molecule has 0 radical (unpaired) electrons. The molecule has 2 amide bonds. The van der Waals surface area contributed by atoms with E-state index in [0.29, 0.717) is 24.4 Å². The Balaban J connectivity index is 2.10. The molecule has 1 atom stereocenters. The number of carbonyl (C=O) groups excluding carboxylic acids is 2. The van der Waals surface area contributed by atoms with Crippen molar-refractivity contribution in [1.82, 2.24) is 10.2 Å². The van der Waals surface area contributed by atoms with E-state index >= 15 is 0 Å². The summed E-state index contributed by atoms with van der Waals surface area (Å²) in [4.78, 5) is 28.7. The summed E-state index contributed by atoms with van der Waals surface area (Å²) in [7, 11) is -2.56. The number of amides is 2. The number of aryl methyl sites for hydroxylation is 3. The van der Waals surface area contributed by atoms with E-state index in [1.54, 1.807) is 55.6 Å². The molecule has 0 unspecified atom stereocenters. The fourth-order valence-corrected chi connectivity index (χ4v) is 6.04. The molecule has 0 bridgehead atoms. The molecule has 0 aromatic heterocycles. The number of ether oxygens (including phenoxy) is 1. The smallest absolute Gasteiger partial charge is 0.264 e. The standard InChI is InChI=1S/C31H39N3O5S/c1-7-29(31(36)32-8-2)33(20-25-10-9-11-27(19-25)39-6)30(35)21-34(26-17-23(4)16-24(5)18-26)40(37,38)28-14-12-22(3)13-15-28/h9-19,29H,7-8,20-21H2,1-6H3,(H,32,36)/t29-/m0/s1. The number of methoxy groups -OCH3 is 1. The van der Waals surface area contributed by atoms with Crippen LogP contribution in [0.4, 0.5) is 5.69 Å². The van der Waals surface area contributed by atoms with Crippen LogP contribution >= 0.6 is 0 Å². The van der Waals surface area contributed by atoms with Gasteiger partial charge in [0.2, 0.25) is 11.8 Å². The molecule has 9 heteroatoms. The number of sulfonamides is 1. The summed E-state index contributed by atoms with van der Waals surface area (Å²) in [6.07, 6.45) is 0.357. The van der Waals surface area contributed by atoms with Crippen molar-refractivity contribution in [3.63, 3.8) is 0 Å². The molecule has 0 saturated carbocycles. The molecule has 40 heavy (non-hydrogen) atoms. The first-order valence-electron chi connectivity index (χ1n) is 13.4. The van der Waals surface area contributed by atoms with Crippen molar-refractivity contribution in [3.8, 4) is 5.75 Å². The molecule has 3 aromatic carbocycles. The summed E-state index contributed by atoms with van der Waals surface area (Å²) in [6, 6.07) is 18.5. The van der Waals surface area contributed by atoms with Gasteiger partial charge in [-0.05, 0) is 87.2 Å². The van der Waals surface area contributed by atoms with Crippen molar-refractivity contribution in [3.05, 3.63) is 89.0 Å². The van der Waals surface area contributed by atoms with Crippen LogP contribution in [0.25, 0.3) is 0 Å². The van der Waals surface area contributed by atoms with Crippen LogP contribution in [0.5, 0.6) is 5.75 Å². The zero-order valence-electron chi connectivity index (χ0n) is 24.1. The van der Waals surface area contributed by atoms with Crippen LogP contribution in [0.2, 0.25) is 0 Å². The molecule has 214 valence electrons. The Bertz CT molecular complexity index is 1420. The fourth-order valence-electron chi connectivity index (χ4n) is 4.64. The van der Waals surface area contributed by atoms with Gasteiger partial charge in [0.25, 0.3) is 10.0 Å². The van der Waals surface area contributed by atoms with Gasteiger partial charge in [-0.1, -0.05) is 42.8 Å². The number of carbonyl (C=O) groups is 2. The minimum atomic E-state index is -4.11. The molecule has 0 aliphatic rings. The largest absolute Gasteiger partial charge is 0.497 e. The lowest BCUT2D eigenvalue weighted by Gasteiger charge is -2.33. The third kappa shape index (κ3) is 7.41. The molecule has 3 rings (SSSR count). The van der Waals surface area contributed by atoms with Gasteiger partial charge in [0.1, 0.15) is 18.3 Å². The van der Waals surface area contributed by atoms with Crippen molar-refractivity contribution in [1.29, 1.82) is 0 Å². The van der Waals surface area contributed by atoms with E-state index in [1.807, 2.05) is 52.8 Å². The van der Waals surface area contributed by atoms with Gasteiger partial charge in [0, 0.05) is 13.1 Å². The molecular weight excluding hydrogens is 526 g/mol. The van der Waals surface area contributed by atoms with Crippen LogP contribution in [0.15, 0.2) is 71.6 Å². The molecule has 0 aliphatic heterocycles. The predicted octanol–water partition coefficient (Wildman–Crippen LogP) is 4.76. The SMILES string of the molecule is CCNC(=O)[C@H](CC)N(Cc1cccc(OC)c1)C(=O)CN(c1cc(C)cc(C)c1)S(=O)(=O)c1ccc(C)cc1. The van der Waals surface area contributed by atoms with Gasteiger partial charge in [-0.15, -0.1) is 0 Å². The number of benzene rings is 3. The zero-order valence-corrected chi connectivity index (χ0v) is 24.9. The van der Waals surface area contributed by atoms with Gasteiger partial charge < -0.3 is 15.0 Å². The van der Waals surface area contributed by atoms with E-state index in [2.05, 4.69) is 5.32 Å². The molecule has 0 fully saturated rings. The first-order valence-corrected chi connectivity index (χ1v) is 14.8. The number of hydrogen-bond acceptors (Lipinski definition) is 5. The van der Waals surface area contributed by atoms with Crippen LogP contribution in [0.3, 0.4) is 0 Å². The van der Waals surface area contributed by atoms with E-state index < -0.39 is 28.5 Å². The van der Waals surface area contributed by atoms with Crippen LogP contribution in [-0.2, 0) is 26.2 Å². The van der Waals surface area contributed by atoms with Crippen LogP contribution in [-0.4, -0.2) is 51.4 Å². The number of anilines is 1. The molecule has 0 aliphatic carbocycles. The van der Waals surface area contributed by atoms with Gasteiger partial charge in [0.15, 0.2) is 0 Å². The average molecular weight is 566 g/mol. The summed E-state index contributed by atoms with van der Waals surface area (Å²) in [5.74, 6) is -0.161. The molecule has 0 spiro atoms. The first-order chi connectivity index (χ1) is 19.0. The number of nitrogens with one attached hydrogen (secondary N) is 1. The van der Waals surface area contributed by atoms with E-state index in [1.165, 1.54) is 4.90 Å². The maximum atomic E-state index is 14.1. The van der Waals surface area contributed by atoms with Crippen molar-refractivity contribution >= 4 is 27.5 Å². The third-order valence-corrected chi connectivity index (χ3v) is 8.39. The fraction of sp³-hybridized carbons (Fsp3) is 0.355. The minimum Gasteiger partial charge on any atom is -0.497 e. The highest BCUT2D eigenvalue weighted by Crippen LogP contribution is 2.27. The molecule has 1 N–H and O–H groups in total. The summed E-state index contributed by atoms with van der Waals surface area (Å²) in [5.41, 5.74) is 3.81. The second kappa shape index (κ2) is 13.5. The Kier molecular flexibility index (Phi) is 10.3.